The van der Waals surface area contributed by atoms with E-state index in [9.17, 15) is 0 Å². The molecule has 0 bridgehead atoms. The van der Waals surface area contributed by atoms with Crippen molar-refractivity contribution in [3.8, 4) is 5.88 Å². The fourth-order valence-electron chi connectivity index (χ4n) is 1.63. The molecule has 0 radical (unpaired) electrons. The van der Waals surface area contributed by atoms with Gasteiger partial charge in [0.1, 0.15) is 6.61 Å². The Morgan fingerprint density at radius 3 is 3.06 bits per heavy atom. The topological polar surface area (TPSA) is 43.4 Å². The zero-order valence-electron chi connectivity index (χ0n) is 9.36. The van der Waals surface area contributed by atoms with E-state index in [1.807, 2.05) is 6.07 Å². The summed E-state index contributed by atoms with van der Waals surface area (Å²) in [5.41, 5.74) is 2.43. The van der Waals surface area contributed by atoms with Gasteiger partial charge in [-0.05, 0) is 5.56 Å². The molecule has 1 aromatic rings. The summed E-state index contributed by atoms with van der Waals surface area (Å²) in [6.07, 6.45) is 0.983. The van der Waals surface area contributed by atoms with Crippen LogP contribution in [0.15, 0.2) is 12.1 Å². The van der Waals surface area contributed by atoms with Crippen LogP contribution in [-0.4, -0.2) is 31.9 Å². The predicted octanol–water partition coefficient (Wildman–Crippen LogP) is 1.17. The minimum Gasteiger partial charge on any atom is -0.475 e. The maximum atomic E-state index is 5.46. The van der Waals surface area contributed by atoms with Crippen LogP contribution in [0.4, 0.5) is 0 Å². The number of ether oxygens (including phenoxy) is 2. The first-order chi connectivity index (χ1) is 7.40. The van der Waals surface area contributed by atoms with E-state index >= 15 is 0 Å². The molecule has 0 spiro atoms. The Kier molecular flexibility index (Phi) is 5.52. The van der Waals surface area contributed by atoms with E-state index in [4.69, 9.17) is 9.47 Å². The van der Waals surface area contributed by atoms with Crippen molar-refractivity contribution in [2.24, 2.45) is 0 Å². The normalized spacial score (nSPS) is 13.8. The lowest BCUT2D eigenvalue weighted by Gasteiger charge is -2.16. The summed E-state index contributed by atoms with van der Waals surface area (Å²) < 4.78 is 10.4. The third-order valence-corrected chi connectivity index (χ3v) is 2.43. The number of hydrogen-bond acceptors (Lipinski definition) is 4. The molecule has 0 atom stereocenters. The summed E-state index contributed by atoms with van der Waals surface area (Å²) in [6, 6.07) is 4.00. The van der Waals surface area contributed by atoms with Crippen molar-refractivity contribution in [3.05, 3.63) is 23.4 Å². The standard InChI is InChI=1S/C11H16N2O2.ClH/c1-14-6-7-15-11-3-2-9-8-12-5-4-10(9)13-11;/h2-3,12H,4-8H2,1H3;1H. The number of hydrogen-bond donors (Lipinski definition) is 1. The number of nitrogens with zero attached hydrogens (tertiary/aromatic N) is 1. The van der Waals surface area contributed by atoms with Gasteiger partial charge in [-0.2, -0.15) is 0 Å². The number of halogens is 1. The molecular weight excluding hydrogens is 228 g/mol. The highest BCUT2D eigenvalue weighted by atomic mass is 35.5. The molecular formula is C11H17ClN2O2. The number of aromatic nitrogens is 1. The first kappa shape index (κ1) is 13.2. The average Bonchev–Trinajstić information content (AvgIpc) is 2.29. The molecule has 0 saturated heterocycles. The Morgan fingerprint density at radius 2 is 2.25 bits per heavy atom. The van der Waals surface area contributed by atoms with E-state index in [0.29, 0.717) is 19.1 Å². The molecule has 1 N–H and O–H groups in total. The van der Waals surface area contributed by atoms with Gasteiger partial charge >= 0.3 is 0 Å². The van der Waals surface area contributed by atoms with E-state index in [1.54, 1.807) is 7.11 Å². The van der Waals surface area contributed by atoms with Crippen molar-refractivity contribution in [1.82, 2.24) is 10.3 Å². The van der Waals surface area contributed by atoms with Gasteiger partial charge in [-0.25, -0.2) is 4.98 Å². The average molecular weight is 245 g/mol. The summed E-state index contributed by atoms with van der Waals surface area (Å²) >= 11 is 0. The molecule has 0 aromatic carbocycles. The molecule has 0 fully saturated rings. The van der Waals surface area contributed by atoms with E-state index in [1.165, 1.54) is 5.56 Å². The lowest BCUT2D eigenvalue weighted by atomic mass is 10.1. The quantitative estimate of drug-likeness (QED) is 0.808. The van der Waals surface area contributed by atoms with Crippen molar-refractivity contribution < 1.29 is 9.47 Å². The molecule has 90 valence electrons. The summed E-state index contributed by atoms with van der Waals surface area (Å²) in [6.45, 7) is 3.07. The molecule has 2 rings (SSSR count). The van der Waals surface area contributed by atoms with Gasteiger partial charge < -0.3 is 14.8 Å². The molecule has 4 nitrogen and oxygen atoms in total. The number of nitrogens with one attached hydrogen (secondary N) is 1. The van der Waals surface area contributed by atoms with Crippen LogP contribution in [0.3, 0.4) is 0 Å². The van der Waals surface area contributed by atoms with Crippen LogP contribution in [0.1, 0.15) is 11.3 Å². The molecule has 0 amide bonds. The zero-order valence-corrected chi connectivity index (χ0v) is 10.2. The van der Waals surface area contributed by atoms with Gasteiger partial charge in [-0.15, -0.1) is 12.4 Å². The minimum atomic E-state index is 0. The largest absolute Gasteiger partial charge is 0.475 e. The fraction of sp³-hybridized carbons (Fsp3) is 0.545. The highest BCUT2D eigenvalue weighted by Gasteiger charge is 2.10. The summed E-state index contributed by atoms with van der Waals surface area (Å²) in [5, 5.41) is 3.31. The Labute approximate surface area is 102 Å². The lowest BCUT2D eigenvalue weighted by molar-refractivity contribution is 0.143. The molecule has 2 heterocycles. The highest BCUT2D eigenvalue weighted by Crippen LogP contribution is 2.15. The molecule has 0 aliphatic carbocycles. The molecule has 1 aliphatic heterocycles. The second-order valence-electron chi connectivity index (χ2n) is 3.52. The van der Waals surface area contributed by atoms with Crippen LogP contribution >= 0.6 is 12.4 Å². The molecule has 0 unspecified atom stereocenters. The maximum absolute atomic E-state index is 5.46. The lowest BCUT2D eigenvalue weighted by Crippen LogP contribution is -2.24. The maximum Gasteiger partial charge on any atom is 0.213 e. The van der Waals surface area contributed by atoms with Crippen molar-refractivity contribution in [1.29, 1.82) is 0 Å². The number of rotatable bonds is 4. The van der Waals surface area contributed by atoms with Crippen molar-refractivity contribution in [3.63, 3.8) is 0 Å². The Bertz CT molecular complexity index is 334. The zero-order chi connectivity index (χ0) is 10.5. The monoisotopic (exact) mass is 244 g/mol. The summed E-state index contributed by atoms with van der Waals surface area (Å²) in [4.78, 5) is 4.47. The number of methoxy groups -OCH3 is 1. The van der Waals surface area contributed by atoms with Gasteiger partial charge in [-0.3, -0.25) is 0 Å². The first-order valence-electron chi connectivity index (χ1n) is 5.21. The molecule has 16 heavy (non-hydrogen) atoms. The van der Waals surface area contributed by atoms with Crippen LogP contribution in [0.2, 0.25) is 0 Å². The van der Waals surface area contributed by atoms with E-state index in [2.05, 4.69) is 16.4 Å². The number of fused-ring (bicyclic) bond motifs is 1. The predicted molar refractivity (Wildman–Crippen MR) is 64.3 cm³/mol. The Balaban J connectivity index is 0.00000128. The van der Waals surface area contributed by atoms with E-state index in [0.717, 1.165) is 25.2 Å². The Hall–Kier alpha value is -0.840. The SMILES string of the molecule is COCCOc1ccc2c(n1)CCNC2.Cl. The highest BCUT2D eigenvalue weighted by molar-refractivity contribution is 5.85. The van der Waals surface area contributed by atoms with Crippen molar-refractivity contribution in [2.45, 2.75) is 13.0 Å². The van der Waals surface area contributed by atoms with Crippen molar-refractivity contribution >= 4 is 12.4 Å². The second kappa shape index (κ2) is 6.68. The van der Waals surface area contributed by atoms with Crippen LogP contribution < -0.4 is 10.1 Å². The van der Waals surface area contributed by atoms with Gasteiger partial charge in [0.25, 0.3) is 0 Å². The van der Waals surface area contributed by atoms with Gasteiger partial charge in [0.2, 0.25) is 5.88 Å². The van der Waals surface area contributed by atoms with Gasteiger partial charge in [0.05, 0.1) is 12.3 Å². The summed E-state index contributed by atoms with van der Waals surface area (Å²) in [7, 11) is 1.66. The van der Waals surface area contributed by atoms with Gasteiger partial charge in [0.15, 0.2) is 0 Å². The van der Waals surface area contributed by atoms with Gasteiger partial charge in [0, 0.05) is 32.7 Å². The third-order valence-electron chi connectivity index (χ3n) is 2.43. The molecule has 0 saturated carbocycles. The van der Waals surface area contributed by atoms with E-state index in [-0.39, 0.29) is 12.4 Å². The smallest absolute Gasteiger partial charge is 0.213 e. The molecule has 1 aromatic heterocycles. The number of pyridine rings is 1. The third kappa shape index (κ3) is 3.33. The Morgan fingerprint density at radius 1 is 1.38 bits per heavy atom. The second-order valence-corrected chi connectivity index (χ2v) is 3.52. The van der Waals surface area contributed by atoms with Crippen molar-refractivity contribution in [2.75, 3.05) is 26.9 Å². The van der Waals surface area contributed by atoms with Crippen LogP contribution in [0.5, 0.6) is 5.88 Å². The van der Waals surface area contributed by atoms with Crippen LogP contribution in [-0.2, 0) is 17.7 Å². The van der Waals surface area contributed by atoms with Gasteiger partial charge in [-0.1, -0.05) is 6.07 Å². The van der Waals surface area contributed by atoms with Crippen LogP contribution in [0.25, 0.3) is 0 Å². The molecule has 1 aliphatic rings. The van der Waals surface area contributed by atoms with E-state index < -0.39 is 0 Å². The summed E-state index contributed by atoms with van der Waals surface area (Å²) in [5.74, 6) is 0.702. The fourth-order valence-corrected chi connectivity index (χ4v) is 1.63. The molecule has 5 heteroatoms. The minimum absolute atomic E-state index is 0. The van der Waals surface area contributed by atoms with Crippen LogP contribution in [0, 0.1) is 0 Å². The first-order valence-corrected chi connectivity index (χ1v) is 5.21.